The number of methoxy groups -OCH3 is 1. The smallest absolute Gasteiger partial charge is 0.269 e. The van der Waals surface area contributed by atoms with Crippen molar-refractivity contribution in [1.29, 1.82) is 0 Å². The summed E-state index contributed by atoms with van der Waals surface area (Å²) in [4.78, 5) is 15.8. The SMILES string of the molecule is COCCCCCNC(=O)c1ccc(C#CCO)cn1. The maximum Gasteiger partial charge on any atom is 0.269 e. The minimum Gasteiger partial charge on any atom is -0.385 e. The summed E-state index contributed by atoms with van der Waals surface area (Å²) in [6, 6.07) is 3.34. The molecule has 1 aromatic heterocycles. The predicted octanol–water partition coefficient (Wildman–Crippen LogP) is 0.972. The fourth-order valence-corrected chi connectivity index (χ4v) is 1.58. The van der Waals surface area contributed by atoms with Crippen molar-refractivity contribution in [3.8, 4) is 11.8 Å². The van der Waals surface area contributed by atoms with Gasteiger partial charge in [-0.2, -0.15) is 0 Å². The molecule has 1 heterocycles. The molecule has 0 spiro atoms. The largest absolute Gasteiger partial charge is 0.385 e. The van der Waals surface area contributed by atoms with Crippen molar-refractivity contribution in [2.45, 2.75) is 19.3 Å². The van der Waals surface area contributed by atoms with E-state index in [-0.39, 0.29) is 12.5 Å². The van der Waals surface area contributed by atoms with Crippen LogP contribution < -0.4 is 5.32 Å². The molecule has 0 aliphatic carbocycles. The summed E-state index contributed by atoms with van der Waals surface area (Å²) in [5.41, 5.74) is 1.05. The topological polar surface area (TPSA) is 71.5 Å². The molecule has 20 heavy (non-hydrogen) atoms. The van der Waals surface area contributed by atoms with Gasteiger partial charge in [-0.1, -0.05) is 11.8 Å². The molecule has 0 aliphatic heterocycles. The molecular formula is C15H20N2O3. The van der Waals surface area contributed by atoms with Crippen LogP contribution in [0.15, 0.2) is 18.3 Å². The monoisotopic (exact) mass is 276 g/mol. The summed E-state index contributed by atoms with van der Waals surface area (Å²) in [6.07, 6.45) is 4.48. The lowest BCUT2D eigenvalue weighted by Gasteiger charge is -2.04. The van der Waals surface area contributed by atoms with Gasteiger partial charge in [-0.15, -0.1) is 0 Å². The zero-order chi connectivity index (χ0) is 14.6. The molecule has 1 rings (SSSR count). The summed E-state index contributed by atoms with van der Waals surface area (Å²) < 4.78 is 4.95. The number of hydrogen-bond donors (Lipinski definition) is 2. The number of unbranched alkanes of at least 4 members (excludes halogenated alkanes) is 2. The minimum atomic E-state index is -0.189. The molecule has 2 N–H and O–H groups in total. The zero-order valence-electron chi connectivity index (χ0n) is 11.7. The van der Waals surface area contributed by atoms with Gasteiger partial charge in [0.25, 0.3) is 5.91 Å². The third kappa shape index (κ3) is 6.32. The zero-order valence-corrected chi connectivity index (χ0v) is 11.7. The molecule has 0 unspecified atom stereocenters. The fraction of sp³-hybridized carbons (Fsp3) is 0.467. The van der Waals surface area contributed by atoms with E-state index in [1.165, 1.54) is 6.20 Å². The first-order valence-corrected chi connectivity index (χ1v) is 6.61. The van der Waals surface area contributed by atoms with Crippen molar-refractivity contribution in [3.05, 3.63) is 29.6 Å². The Morgan fingerprint density at radius 3 is 2.90 bits per heavy atom. The molecule has 1 amide bonds. The summed E-state index contributed by atoms with van der Waals surface area (Å²) in [5.74, 6) is 5.07. The van der Waals surface area contributed by atoms with Gasteiger partial charge in [0.2, 0.25) is 0 Å². The number of pyridine rings is 1. The minimum absolute atomic E-state index is 0.182. The molecule has 0 fully saturated rings. The lowest BCUT2D eigenvalue weighted by Crippen LogP contribution is -2.25. The van der Waals surface area contributed by atoms with Crippen LogP contribution in [0.1, 0.15) is 35.3 Å². The molecule has 0 aliphatic rings. The number of rotatable bonds is 7. The molecule has 0 bridgehead atoms. The molecule has 0 atom stereocenters. The van der Waals surface area contributed by atoms with Crippen LogP contribution in [0.2, 0.25) is 0 Å². The van der Waals surface area contributed by atoms with Gasteiger partial charge in [-0.3, -0.25) is 4.79 Å². The third-order valence-electron chi connectivity index (χ3n) is 2.62. The summed E-state index contributed by atoms with van der Waals surface area (Å²) in [5, 5.41) is 11.4. The Hall–Kier alpha value is -1.90. The number of carbonyl (C=O) groups excluding carboxylic acids is 1. The van der Waals surface area contributed by atoms with Crippen LogP contribution in [-0.4, -0.2) is 42.9 Å². The lowest BCUT2D eigenvalue weighted by atomic mass is 10.2. The van der Waals surface area contributed by atoms with E-state index in [0.29, 0.717) is 17.8 Å². The highest BCUT2D eigenvalue weighted by molar-refractivity contribution is 5.92. The third-order valence-corrected chi connectivity index (χ3v) is 2.62. The van der Waals surface area contributed by atoms with E-state index in [4.69, 9.17) is 9.84 Å². The number of nitrogens with one attached hydrogen (secondary N) is 1. The van der Waals surface area contributed by atoms with Crippen molar-refractivity contribution in [1.82, 2.24) is 10.3 Å². The summed E-state index contributed by atoms with van der Waals surface area (Å²) in [6.45, 7) is 1.20. The van der Waals surface area contributed by atoms with Crippen LogP contribution in [0.25, 0.3) is 0 Å². The molecule has 0 aromatic carbocycles. The molecule has 0 radical (unpaired) electrons. The quantitative estimate of drug-likeness (QED) is 0.575. The average Bonchev–Trinajstić information content (AvgIpc) is 2.49. The summed E-state index contributed by atoms with van der Waals surface area (Å²) in [7, 11) is 1.68. The van der Waals surface area contributed by atoms with Crippen LogP contribution in [-0.2, 0) is 4.74 Å². The first-order chi connectivity index (χ1) is 9.77. The van der Waals surface area contributed by atoms with Gasteiger partial charge in [-0.25, -0.2) is 4.98 Å². The fourth-order valence-electron chi connectivity index (χ4n) is 1.58. The van der Waals surface area contributed by atoms with Crippen molar-refractivity contribution >= 4 is 5.91 Å². The Labute approximate surface area is 119 Å². The van der Waals surface area contributed by atoms with Crippen LogP contribution in [0.5, 0.6) is 0 Å². The van der Waals surface area contributed by atoms with Crippen molar-refractivity contribution in [2.75, 3.05) is 26.9 Å². The Morgan fingerprint density at radius 2 is 2.25 bits per heavy atom. The molecule has 1 aromatic rings. The predicted molar refractivity (Wildman–Crippen MR) is 76.3 cm³/mol. The van der Waals surface area contributed by atoms with Crippen LogP contribution in [0.4, 0.5) is 0 Å². The highest BCUT2D eigenvalue weighted by atomic mass is 16.5. The van der Waals surface area contributed by atoms with E-state index in [2.05, 4.69) is 22.1 Å². The van der Waals surface area contributed by atoms with E-state index >= 15 is 0 Å². The summed E-state index contributed by atoms with van der Waals surface area (Å²) >= 11 is 0. The normalized spacial score (nSPS) is 9.70. The number of aliphatic hydroxyl groups excluding tert-OH is 1. The maximum absolute atomic E-state index is 11.8. The Morgan fingerprint density at radius 1 is 1.40 bits per heavy atom. The first kappa shape index (κ1) is 16.2. The second kappa shape index (κ2) is 9.96. The first-order valence-electron chi connectivity index (χ1n) is 6.61. The Kier molecular flexibility index (Phi) is 8.04. The highest BCUT2D eigenvalue weighted by Gasteiger charge is 2.05. The standard InChI is InChI=1S/C15H20N2O3/c1-20-11-4-2-3-9-16-15(19)14-8-7-13(12-17-14)6-5-10-18/h7-8,12,18H,2-4,9-11H2,1H3,(H,16,19). The number of ether oxygens (including phenoxy) is 1. The second-order valence-electron chi connectivity index (χ2n) is 4.20. The molecule has 5 nitrogen and oxygen atoms in total. The molecule has 0 saturated heterocycles. The number of amides is 1. The maximum atomic E-state index is 11.8. The van der Waals surface area contributed by atoms with E-state index in [0.717, 1.165) is 25.9 Å². The molecule has 5 heteroatoms. The van der Waals surface area contributed by atoms with Crippen molar-refractivity contribution < 1.29 is 14.6 Å². The van der Waals surface area contributed by atoms with Gasteiger partial charge in [0, 0.05) is 32.0 Å². The van der Waals surface area contributed by atoms with Gasteiger partial charge >= 0.3 is 0 Å². The van der Waals surface area contributed by atoms with Gasteiger partial charge in [0.1, 0.15) is 12.3 Å². The van der Waals surface area contributed by atoms with E-state index in [1.54, 1.807) is 19.2 Å². The van der Waals surface area contributed by atoms with Crippen LogP contribution in [0.3, 0.4) is 0 Å². The average molecular weight is 276 g/mol. The Bertz CT molecular complexity index is 460. The number of carbonyl (C=O) groups is 1. The van der Waals surface area contributed by atoms with Crippen molar-refractivity contribution in [3.63, 3.8) is 0 Å². The second-order valence-corrected chi connectivity index (χ2v) is 4.20. The van der Waals surface area contributed by atoms with E-state index in [1.807, 2.05) is 0 Å². The highest BCUT2D eigenvalue weighted by Crippen LogP contribution is 2.00. The van der Waals surface area contributed by atoms with E-state index in [9.17, 15) is 4.79 Å². The van der Waals surface area contributed by atoms with Gasteiger partial charge in [0.05, 0.1) is 0 Å². The number of aromatic nitrogens is 1. The number of nitrogens with zero attached hydrogens (tertiary/aromatic N) is 1. The van der Waals surface area contributed by atoms with Gasteiger partial charge < -0.3 is 15.2 Å². The Balaban J connectivity index is 2.32. The number of aliphatic hydroxyl groups is 1. The van der Waals surface area contributed by atoms with Crippen molar-refractivity contribution in [2.24, 2.45) is 0 Å². The van der Waals surface area contributed by atoms with Gasteiger partial charge in [0.15, 0.2) is 0 Å². The molecule has 0 saturated carbocycles. The lowest BCUT2D eigenvalue weighted by molar-refractivity contribution is 0.0947. The van der Waals surface area contributed by atoms with Crippen LogP contribution in [0, 0.1) is 11.8 Å². The van der Waals surface area contributed by atoms with Gasteiger partial charge in [-0.05, 0) is 31.4 Å². The van der Waals surface area contributed by atoms with E-state index < -0.39 is 0 Å². The molecular weight excluding hydrogens is 256 g/mol. The molecule has 108 valence electrons. The van der Waals surface area contributed by atoms with Crippen LogP contribution >= 0.6 is 0 Å². The number of hydrogen-bond acceptors (Lipinski definition) is 4.